The Bertz CT molecular complexity index is 517. The Morgan fingerprint density at radius 2 is 2.19 bits per heavy atom. The van der Waals surface area contributed by atoms with Crippen molar-refractivity contribution in [2.24, 2.45) is 0 Å². The number of rotatable bonds is 4. The van der Waals surface area contributed by atoms with E-state index in [1.165, 1.54) is 0 Å². The lowest BCUT2D eigenvalue weighted by atomic mass is 9.94. The third-order valence-electron chi connectivity index (χ3n) is 4.49. The molecule has 21 heavy (non-hydrogen) atoms. The SMILES string of the molecule is CCC1C(=O)N2CCCCC2C(=O)N1CCc1cscn1. The molecule has 3 heterocycles. The first-order valence-electron chi connectivity index (χ1n) is 7.70. The van der Waals surface area contributed by atoms with Crippen LogP contribution in [0.3, 0.4) is 0 Å². The second kappa shape index (κ2) is 6.13. The highest BCUT2D eigenvalue weighted by atomic mass is 32.1. The maximum absolute atomic E-state index is 12.7. The largest absolute Gasteiger partial charge is 0.329 e. The lowest BCUT2D eigenvalue weighted by Crippen LogP contribution is -2.65. The maximum atomic E-state index is 12.7. The molecule has 1 aromatic rings. The van der Waals surface area contributed by atoms with Crippen molar-refractivity contribution in [2.45, 2.75) is 51.1 Å². The van der Waals surface area contributed by atoms with E-state index in [9.17, 15) is 9.59 Å². The summed E-state index contributed by atoms with van der Waals surface area (Å²) in [5, 5.41) is 2.00. The summed E-state index contributed by atoms with van der Waals surface area (Å²) in [6, 6.07) is -0.505. The third kappa shape index (κ3) is 2.69. The lowest BCUT2D eigenvalue weighted by Gasteiger charge is -2.46. The zero-order valence-electron chi connectivity index (χ0n) is 12.3. The summed E-state index contributed by atoms with van der Waals surface area (Å²) < 4.78 is 0. The Morgan fingerprint density at radius 1 is 1.33 bits per heavy atom. The molecule has 2 atom stereocenters. The zero-order chi connectivity index (χ0) is 14.8. The molecule has 2 amide bonds. The molecule has 1 aromatic heterocycles. The molecule has 0 saturated carbocycles. The number of thiazole rings is 1. The summed E-state index contributed by atoms with van der Waals surface area (Å²) in [7, 11) is 0. The summed E-state index contributed by atoms with van der Waals surface area (Å²) in [6.45, 7) is 3.32. The molecule has 2 saturated heterocycles. The molecular formula is C15H21N3O2S. The first-order valence-corrected chi connectivity index (χ1v) is 8.64. The van der Waals surface area contributed by atoms with E-state index in [1.54, 1.807) is 21.7 Å². The van der Waals surface area contributed by atoms with Gasteiger partial charge in [-0.25, -0.2) is 4.98 Å². The zero-order valence-corrected chi connectivity index (χ0v) is 13.1. The molecule has 2 unspecified atom stereocenters. The number of piperazine rings is 1. The Morgan fingerprint density at radius 3 is 2.90 bits per heavy atom. The smallest absolute Gasteiger partial charge is 0.246 e. The fourth-order valence-electron chi connectivity index (χ4n) is 3.38. The molecule has 0 spiro atoms. The van der Waals surface area contributed by atoms with Crippen molar-refractivity contribution in [3.63, 3.8) is 0 Å². The molecular weight excluding hydrogens is 286 g/mol. The molecule has 2 aliphatic heterocycles. The van der Waals surface area contributed by atoms with Crippen LogP contribution in [-0.4, -0.2) is 51.8 Å². The summed E-state index contributed by atoms with van der Waals surface area (Å²) in [5.74, 6) is 0.274. The van der Waals surface area contributed by atoms with E-state index < -0.39 is 0 Å². The Balaban J connectivity index is 1.76. The predicted octanol–water partition coefficient (Wildman–Crippen LogP) is 1.69. The maximum Gasteiger partial charge on any atom is 0.246 e. The number of hydrogen-bond donors (Lipinski definition) is 0. The molecule has 114 valence electrons. The monoisotopic (exact) mass is 307 g/mol. The molecule has 2 aliphatic rings. The van der Waals surface area contributed by atoms with Gasteiger partial charge >= 0.3 is 0 Å². The summed E-state index contributed by atoms with van der Waals surface area (Å²) in [5.41, 5.74) is 2.81. The van der Waals surface area contributed by atoms with Crippen LogP contribution < -0.4 is 0 Å². The number of hydrogen-bond acceptors (Lipinski definition) is 4. The van der Waals surface area contributed by atoms with Gasteiger partial charge in [0.1, 0.15) is 12.1 Å². The van der Waals surface area contributed by atoms with Crippen LogP contribution in [0.2, 0.25) is 0 Å². The molecule has 5 nitrogen and oxygen atoms in total. The van der Waals surface area contributed by atoms with Crippen LogP contribution >= 0.6 is 11.3 Å². The van der Waals surface area contributed by atoms with Gasteiger partial charge in [0.15, 0.2) is 0 Å². The average molecular weight is 307 g/mol. The van der Waals surface area contributed by atoms with E-state index in [0.29, 0.717) is 13.0 Å². The van der Waals surface area contributed by atoms with Crippen molar-refractivity contribution in [1.29, 1.82) is 0 Å². The number of carbonyl (C=O) groups excluding carboxylic acids is 2. The van der Waals surface area contributed by atoms with Crippen molar-refractivity contribution in [1.82, 2.24) is 14.8 Å². The minimum absolute atomic E-state index is 0.136. The second-order valence-electron chi connectivity index (χ2n) is 5.73. The van der Waals surface area contributed by atoms with Crippen LogP contribution in [0, 0.1) is 0 Å². The van der Waals surface area contributed by atoms with Gasteiger partial charge in [-0.2, -0.15) is 0 Å². The minimum Gasteiger partial charge on any atom is -0.329 e. The number of fused-ring (bicyclic) bond motifs is 1. The van der Waals surface area contributed by atoms with Crippen molar-refractivity contribution in [2.75, 3.05) is 13.1 Å². The van der Waals surface area contributed by atoms with Gasteiger partial charge in [0.25, 0.3) is 0 Å². The van der Waals surface area contributed by atoms with Crippen molar-refractivity contribution < 1.29 is 9.59 Å². The van der Waals surface area contributed by atoms with E-state index in [4.69, 9.17) is 0 Å². The molecule has 2 fully saturated rings. The lowest BCUT2D eigenvalue weighted by molar-refractivity contribution is -0.163. The number of nitrogens with zero attached hydrogens (tertiary/aromatic N) is 3. The third-order valence-corrected chi connectivity index (χ3v) is 5.13. The number of carbonyl (C=O) groups is 2. The highest BCUT2D eigenvalue weighted by Crippen LogP contribution is 2.27. The quantitative estimate of drug-likeness (QED) is 0.850. The predicted molar refractivity (Wildman–Crippen MR) is 81.0 cm³/mol. The molecule has 0 bridgehead atoms. The van der Waals surface area contributed by atoms with Gasteiger partial charge in [-0.05, 0) is 25.7 Å². The van der Waals surface area contributed by atoms with Gasteiger partial charge in [0.2, 0.25) is 11.8 Å². The summed E-state index contributed by atoms with van der Waals surface area (Å²) in [4.78, 5) is 33.3. The van der Waals surface area contributed by atoms with Gasteiger partial charge in [0.05, 0.1) is 11.2 Å². The Labute approximate surface area is 129 Å². The van der Waals surface area contributed by atoms with E-state index in [1.807, 2.05) is 17.2 Å². The Hall–Kier alpha value is -1.43. The van der Waals surface area contributed by atoms with E-state index in [2.05, 4.69) is 4.98 Å². The fraction of sp³-hybridized carbons (Fsp3) is 0.667. The van der Waals surface area contributed by atoms with Crippen molar-refractivity contribution in [3.05, 3.63) is 16.6 Å². The highest BCUT2D eigenvalue weighted by molar-refractivity contribution is 7.07. The fourth-order valence-corrected chi connectivity index (χ4v) is 3.97. The highest BCUT2D eigenvalue weighted by Gasteiger charge is 2.45. The summed E-state index contributed by atoms with van der Waals surface area (Å²) in [6.07, 6.45) is 4.28. The normalized spacial score (nSPS) is 26.1. The van der Waals surface area contributed by atoms with E-state index in [0.717, 1.165) is 37.9 Å². The van der Waals surface area contributed by atoms with Crippen LogP contribution in [0.5, 0.6) is 0 Å². The summed E-state index contributed by atoms with van der Waals surface area (Å²) >= 11 is 1.56. The van der Waals surface area contributed by atoms with Gasteiger partial charge in [0, 0.05) is 24.9 Å². The number of piperidine rings is 1. The van der Waals surface area contributed by atoms with Crippen LogP contribution in [-0.2, 0) is 16.0 Å². The topological polar surface area (TPSA) is 53.5 Å². The average Bonchev–Trinajstić information content (AvgIpc) is 3.03. The van der Waals surface area contributed by atoms with Crippen LogP contribution in [0.4, 0.5) is 0 Å². The number of aromatic nitrogens is 1. The molecule has 0 N–H and O–H groups in total. The van der Waals surface area contributed by atoms with Crippen LogP contribution in [0.1, 0.15) is 38.3 Å². The van der Waals surface area contributed by atoms with Gasteiger partial charge in [-0.15, -0.1) is 11.3 Å². The van der Waals surface area contributed by atoms with Crippen molar-refractivity contribution >= 4 is 23.2 Å². The first-order chi connectivity index (χ1) is 10.2. The van der Waals surface area contributed by atoms with Gasteiger partial charge in [-0.3, -0.25) is 9.59 Å². The van der Waals surface area contributed by atoms with Crippen molar-refractivity contribution in [3.8, 4) is 0 Å². The van der Waals surface area contributed by atoms with Gasteiger partial charge < -0.3 is 9.80 Å². The van der Waals surface area contributed by atoms with Gasteiger partial charge in [-0.1, -0.05) is 6.92 Å². The van der Waals surface area contributed by atoms with Crippen LogP contribution in [0.25, 0.3) is 0 Å². The van der Waals surface area contributed by atoms with Crippen LogP contribution in [0.15, 0.2) is 10.9 Å². The Kier molecular flexibility index (Phi) is 4.24. The molecule has 0 aliphatic carbocycles. The van der Waals surface area contributed by atoms with E-state index in [-0.39, 0.29) is 23.9 Å². The number of amides is 2. The first kappa shape index (κ1) is 14.5. The molecule has 3 rings (SSSR count). The standard InChI is InChI=1S/C15H21N3O2S/c1-2-12-14(19)17-7-4-3-5-13(17)15(20)18(12)8-6-11-9-21-10-16-11/h9-10,12-13H,2-8H2,1H3. The van der Waals surface area contributed by atoms with E-state index >= 15 is 0 Å². The second-order valence-corrected chi connectivity index (χ2v) is 6.45. The molecule has 0 radical (unpaired) electrons. The molecule has 0 aromatic carbocycles. The molecule has 6 heteroatoms. The minimum atomic E-state index is -0.287.